The van der Waals surface area contributed by atoms with E-state index >= 15 is 0 Å². The fourth-order valence-corrected chi connectivity index (χ4v) is 1.81. The molecule has 6 nitrogen and oxygen atoms in total. The van der Waals surface area contributed by atoms with Gasteiger partial charge in [0.1, 0.15) is 0 Å². The van der Waals surface area contributed by atoms with E-state index < -0.39 is 5.41 Å². The normalized spacial score (nSPS) is 11.3. The number of nitrogens with two attached hydrogens (primary N) is 1. The smallest absolute Gasteiger partial charge is 0.231 e. The van der Waals surface area contributed by atoms with Crippen molar-refractivity contribution < 1.29 is 4.79 Å². The van der Waals surface area contributed by atoms with E-state index in [0.29, 0.717) is 18.8 Å². The molecule has 106 valence electrons. The van der Waals surface area contributed by atoms with Crippen molar-refractivity contribution in [1.29, 1.82) is 0 Å². The number of benzene rings is 1. The van der Waals surface area contributed by atoms with Crippen molar-refractivity contribution in [2.45, 2.75) is 26.9 Å². The lowest BCUT2D eigenvalue weighted by Crippen LogP contribution is -2.34. The highest BCUT2D eigenvalue weighted by Crippen LogP contribution is 2.20. The lowest BCUT2D eigenvalue weighted by Gasteiger charge is -2.23. The van der Waals surface area contributed by atoms with E-state index in [1.807, 2.05) is 44.2 Å². The van der Waals surface area contributed by atoms with Gasteiger partial charge in [-0.2, -0.15) is 0 Å². The third kappa shape index (κ3) is 3.42. The molecular formula is C14H19N5O. The fourth-order valence-electron chi connectivity index (χ4n) is 1.81. The van der Waals surface area contributed by atoms with Crippen molar-refractivity contribution in [2.75, 3.05) is 5.32 Å². The van der Waals surface area contributed by atoms with Crippen LogP contribution in [0.2, 0.25) is 0 Å². The number of carbonyl (C=O) groups is 1. The largest absolute Gasteiger partial charge is 0.326 e. The number of aromatic nitrogens is 3. The Balaban J connectivity index is 2.03. The summed E-state index contributed by atoms with van der Waals surface area (Å²) in [6, 6.07) is 9.39. The van der Waals surface area contributed by atoms with Gasteiger partial charge in [-0.1, -0.05) is 23.4 Å². The van der Waals surface area contributed by atoms with Gasteiger partial charge in [-0.3, -0.25) is 9.48 Å². The van der Waals surface area contributed by atoms with E-state index in [1.54, 1.807) is 10.9 Å². The Morgan fingerprint density at radius 3 is 2.65 bits per heavy atom. The third-order valence-corrected chi connectivity index (χ3v) is 3.00. The molecule has 0 saturated heterocycles. The van der Waals surface area contributed by atoms with Gasteiger partial charge < -0.3 is 11.1 Å². The molecule has 2 rings (SSSR count). The lowest BCUT2D eigenvalue weighted by molar-refractivity contribution is -0.124. The summed E-state index contributed by atoms with van der Waals surface area (Å²) in [6.45, 7) is 4.53. The monoisotopic (exact) mass is 273 g/mol. The summed E-state index contributed by atoms with van der Waals surface area (Å²) in [6.07, 6.45) is 1.76. The fraction of sp³-hybridized carbons (Fsp3) is 0.357. The second kappa shape index (κ2) is 5.83. The van der Waals surface area contributed by atoms with Gasteiger partial charge in [0.05, 0.1) is 17.7 Å². The Labute approximate surface area is 118 Å². The molecule has 3 N–H and O–H groups in total. The highest BCUT2D eigenvalue weighted by molar-refractivity contribution is 5.94. The van der Waals surface area contributed by atoms with Gasteiger partial charge in [-0.25, -0.2) is 0 Å². The number of para-hydroxylation sites is 1. The first-order valence-electron chi connectivity index (χ1n) is 6.47. The molecule has 0 aliphatic heterocycles. The number of nitrogens with one attached hydrogen (secondary N) is 1. The summed E-state index contributed by atoms with van der Waals surface area (Å²) in [5, 5.41) is 10.8. The molecule has 0 unspecified atom stereocenters. The first kappa shape index (κ1) is 14.2. The minimum atomic E-state index is -0.602. The van der Waals surface area contributed by atoms with Crippen molar-refractivity contribution >= 4 is 11.6 Å². The second-order valence-electron chi connectivity index (χ2n) is 5.32. The van der Waals surface area contributed by atoms with Crippen molar-refractivity contribution in [1.82, 2.24) is 15.0 Å². The minimum absolute atomic E-state index is 0.0616. The molecule has 0 atom stereocenters. The highest BCUT2D eigenvalue weighted by atomic mass is 16.2. The molecule has 0 aliphatic carbocycles. The summed E-state index contributed by atoms with van der Waals surface area (Å²) in [5.41, 5.74) is 6.39. The first-order chi connectivity index (χ1) is 9.51. The zero-order valence-corrected chi connectivity index (χ0v) is 11.7. The van der Waals surface area contributed by atoms with Crippen LogP contribution < -0.4 is 11.1 Å². The second-order valence-corrected chi connectivity index (χ2v) is 5.32. The van der Waals surface area contributed by atoms with Crippen LogP contribution in [-0.2, 0) is 17.9 Å². The van der Waals surface area contributed by atoms with Crippen molar-refractivity contribution in [2.24, 2.45) is 11.1 Å². The SMILES string of the molecule is CC(C)(Cn1cc(CN)nn1)C(=O)Nc1ccccc1. The Morgan fingerprint density at radius 2 is 2.05 bits per heavy atom. The van der Waals surface area contributed by atoms with Crippen LogP contribution in [0.4, 0.5) is 5.69 Å². The highest BCUT2D eigenvalue weighted by Gasteiger charge is 2.28. The maximum atomic E-state index is 12.3. The number of carbonyl (C=O) groups excluding carboxylic acids is 1. The van der Waals surface area contributed by atoms with Crippen LogP contribution in [0.5, 0.6) is 0 Å². The maximum absolute atomic E-state index is 12.3. The average Bonchev–Trinajstić information content (AvgIpc) is 2.86. The van der Waals surface area contributed by atoms with Gasteiger partial charge >= 0.3 is 0 Å². The standard InChI is InChI=1S/C14H19N5O/c1-14(2,10-19-9-12(8-15)17-18-19)13(20)16-11-6-4-3-5-7-11/h3-7,9H,8,10,15H2,1-2H3,(H,16,20). The van der Waals surface area contributed by atoms with E-state index in [-0.39, 0.29) is 5.91 Å². The molecule has 1 aromatic carbocycles. The van der Waals surface area contributed by atoms with Gasteiger partial charge in [0.15, 0.2) is 0 Å². The van der Waals surface area contributed by atoms with E-state index in [1.165, 1.54) is 0 Å². The summed E-state index contributed by atoms with van der Waals surface area (Å²) in [7, 11) is 0. The number of hydrogen-bond donors (Lipinski definition) is 2. The summed E-state index contributed by atoms with van der Waals surface area (Å²) >= 11 is 0. The van der Waals surface area contributed by atoms with Crippen molar-refractivity contribution in [3.63, 3.8) is 0 Å². The molecular weight excluding hydrogens is 254 g/mol. The molecule has 1 heterocycles. The minimum Gasteiger partial charge on any atom is -0.326 e. The van der Waals surface area contributed by atoms with Crippen LogP contribution in [0, 0.1) is 5.41 Å². The van der Waals surface area contributed by atoms with Crippen LogP contribution in [0.25, 0.3) is 0 Å². The predicted octanol–water partition coefficient (Wildman–Crippen LogP) is 1.40. The number of amides is 1. The van der Waals surface area contributed by atoms with Gasteiger partial charge in [0, 0.05) is 18.4 Å². The number of anilines is 1. The zero-order valence-electron chi connectivity index (χ0n) is 11.7. The summed E-state index contributed by atoms with van der Waals surface area (Å²) < 4.78 is 1.65. The zero-order chi connectivity index (χ0) is 14.6. The molecule has 20 heavy (non-hydrogen) atoms. The van der Waals surface area contributed by atoms with Crippen LogP contribution in [0.1, 0.15) is 19.5 Å². The molecule has 0 radical (unpaired) electrons. The number of nitrogens with zero attached hydrogens (tertiary/aromatic N) is 3. The summed E-state index contributed by atoms with van der Waals surface area (Å²) in [4.78, 5) is 12.3. The predicted molar refractivity (Wildman–Crippen MR) is 76.8 cm³/mol. The quantitative estimate of drug-likeness (QED) is 0.862. The van der Waals surface area contributed by atoms with Gasteiger partial charge in [0.2, 0.25) is 5.91 Å². The summed E-state index contributed by atoms with van der Waals surface area (Å²) in [5.74, 6) is -0.0616. The molecule has 0 bridgehead atoms. The lowest BCUT2D eigenvalue weighted by atomic mass is 9.92. The van der Waals surface area contributed by atoms with E-state index in [2.05, 4.69) is 15.6 Å². The molecule has 0 spiro atoms. The first-order valence-corrected chi connectivity index (χ1v) is 6.47. The average molecular weight is 273 g/mol. The van der Waals surface area contributed by atoms with E-state index in [0.717, 1.165) is 5.69 Å². The van der Waals surface area contributed by atoms with Crippen LogP contribution >= 0.6 is 0 Å². The van der Waals surface area contributed by atoms with E-state index in [9.17, 15) is 4.79 Å². The Bertz CT molecular complexity index is 576. The van der Waals surface area contributed by atoms with Gasteiger partial charge in [-0.05, 0) is 26.0 Å². The molecule has 0 saturated carbocycles. The van der Waals surface area contributed by atoms with Crippen LogP contribution in [-0.4, -0.2) is 20.9 Å². The van der Waals surface area contributed by atoms with Gasteiger partial charge in [-0.15, -0.1) is 5.10 Å². The van der Waals surface area contributed by atoms with E-state index in [4.69, 9.17) is 5.73 Å². The molecule has 1 amide bonds. The molecule has 0 aliphatic rings. The maximum Gasteiger partial charge on any atom is 0.231 e. The number of hydrogen-bond acceptors (Lipinski definition) is 4. The molecule has 2 aromatic rings. The Morgan fingerprint density at radius 1 is 1.35 bits per heavy atom. The van der Waals surface area contributed by atoms with Crippen molar-refractivity contribution in [3.8, 4) is 0 Å². The molecule has 1 aromatic heterocycles. The third-order valence-electron chi connectivity index (χ3n) is 3.00. The molecule has 6 heteroatoms. The van der Waals surface area contributed by atoms with Gasteiger partial charge in [0.25, 0.3) is 0 Å². The van der Waals surface area contributed by atoms with Crippen molar-refractivity contribution in [3.05, 3.63) is 42.2 Å². The topological polar surface area (TPSA) is 85.8 Å². The van der Waals surface area contributed by atoms with Crippen LogP contribution in [0.3, 0.4) is 0 Å². The Kier molecular flexibility index (Phi) is 4.14. The van der Waals surface area contributed by atoms with Crippen LogP contribution in [0.15, 0.2) is 36.5 Å². The molecule has 0 fully saturated rings. The number of rotatable bonds is 5. The Hall–Kier alpha value is -2.21.